The average molecular weight is 385 g/mol. The number of hydrogen-bond acceptors (Lipinski definition) is 2. The van der Waals surface area contributed by atoms with Gasteiger partial charge in [0.2, 0.25) is 0 Å². The van der Waals surface area contributed by atoms with E-state index in [2.05, 4.69) is 10.2 Å². The van der Waals surface area contributed by atoms with Crippen LogP contribution in [0.4, 0.5) is 16.2 Å². The van der Waals surface area contributed by atoms with Crippen molar-refractivity contribution in [3.63, 3.8) is 0 Å². The molecule has 0 aliphatic carbocycles. The summed E-state index contributed by atoms with van der Waals surface area (Å²) in [5.41, 5.74) is 1.56. The second kappa shape index (κ2) is 7.51. The molecular weight excluding hydrogens is 369 g/mol. The van der Waals surface area contributed by atoms with Crippen molar-refractivity contribution in [2.45, 2.75) is 0 Å². The zero-order chi connectivity index (χ0) is 17.1. The summed E-state index contributed by atoms with van der Waals surface area (Å²) in [5, 5.41) is 4.76. The van der Waals surface area contributed by atoms with E-state index >= 15 is 0 Å². The van der Waals surface area contributed by atoms with Gasteiger partial charge in [-0.3, -0.25) is 0 Å². The fourth-order valence-corrected chi connectivity index (χ4v) is 3.42. The van der Waals surface area contributed by atoms with Crippen molar-refractivity contribution in [1.82, 2.24) is 4.90 Å². The lowest BCUT2D eigenvalue weighted by molar-refractivity contribution is 0.208. The van der Waals surface area contributed by atoms with Gasteiger partial charge in [0.15, 0.2) is 0 Å². The molecule has 0 unspecified atom stereocenters. The van der Waals surface area contributed by atoms with E-state index in [1.54, 1.807) is 29.2 Å². The van der Waals surface area contributed by atoms with E-state index in [9.17, 15) is 4.79 Å². The van der Waals surface area contributed by atoms with Crippen molar-refractivity contribution in [3.8, 4) is 0 Å². The van der Waals surface area contributed by atoms with E-state index in [4.69, 9.17) is 34.8 Å². The minimum Gasteiger partial charge on any atom is -0.366 e. The Balaban J connectivity index is 1.60. The number of benzene rings is 2. The number of piperazine rings is 1. The molecule has 2 aromatic rings. The first-order valence-corrected chi connectivity index (χ1v) is 8.68. The van der Waals surface area contributed by atoms with Crippen LogP contribution in [-0.2, 0) is 0 Å². The lowest BCUT2D eigenvalue weighted by Crippen LogP contribution is -2.50. The van der Waals surface area contributed by atoms with Gasteiger partial charge < -0.3 is 15.1 Å². The van der Waals surface area contributed by atoms with Crippen molar-refractivity contribution in [3.05, 3.63) is 57.5 Å². The fourth-order valence-electron chi connectivity index (χ4n) is 2.66. The number of para-hydroxylation sites is 1. The number of carbonyl (C=O) groups is 1. The summed E-state index contributed by atoms with van der Waals surface area (Å²) < 4.78 is 0. The molecule has 2 aromatic carbocycles. The predicted octanol–water partition coefficient (Wildman–Crippen LogP) is 5.00. The summed E-state index contributed by atoms with van der Waals surface area (Å²) in [6.45, 7) is 2.55. The highest BCUT2D eigenvalue weighted by Gasteiger charge is 2.23. The first-order valence-electron chi connectivity index (χ1n) is 7.55. The number of amides is 2. The van der Waals surface area contributed by atoms with Gasteiger partial charge in [0.25, 0.3) is 0 Å². The molecule has 0 saturated carbocycles. The van der Waals surface area contributed by atoms with Gasteiger partial charge in [-0.2, -0.15) is 0 Å². The molecule has 0 atom stereocenters. The van der Waals surface area contributed by atoms with Gasteiger partial charge in [-0.25, -0.2) is 4.79 Å². The molecule has 1 fully saturated rings. The molecule has 1 heterocycles. The molecule has 1 N–H and O–H groups in total. The number of anilines is 2. The van der Waals surface area contributed by atoms with Crippen LogP contribution in [0.3, 0.4) is 0 Å². The molecule has 0 aromatic heterocycles. The fraction of sp³-hybridized carbons (Fsp3) is 0.235. The van der Waals surface area contributed by atoms with E-state index in [1.807, 2.05) is 18.2 Å². The molecular formula is C17H16Cl3N3O. The molecule has 0 spiro atoms. The molecule has 4 nitrogen and oxygen atoms in total. The zero-order valence-electron chi connectivity index (χ0n) is 12.8. The Bertz CT molecular complexity index is 708. The van der Waals surface area contributed by atoms with Crippen LogP contribution in [0.2, 0.25) is 15.1 Å². The van der Waals surface area contributed by atoms with Crippen LogP contribution in [0.1, 0.15) is 0 Å². The zero-order valence-corrected chi connectivity index (χ0v) is 15.1. The molecule has 126 valence electrons. The lowest BCUT2D eigenvalue weighted by atomic mass is 10.2. The van der Waals surface area contributed by atoms with E-state index in [-0.39, 0.29) is 6.03 Å². The predicted molar refractivity (Wildman–Crippen MR) is 101 cm³/mol. The number of carbonyl (C=O) groups excluding carboxylic acids is 1. The highest BCUT2D eigenvalue weighted by atomic mass is 35.5. The second-order valence-electron chi connectivity index (χ2n) is 5.48. The van der Waals surface area contributed by atoms with Crippen molar-refractivity contribution < 1.29 is 4.79 Å². The van der Waals surface area contributed by atoms with E-state index in [0.29, 0.717) is 41.2 Å². The maximum Gasteiger partial charge on any atom is 0.321 e. The van der Waals surface area contributed by atoms with Crippen molar-refractivity contribution in [2.24, 2.45) is 0 Å². The molecule has 1 aliphatic heterocycles. The monoisotopic (exact) mass is 383 g/mol. The number of halogens is 3. The smallest absolute Gasteiger partial charge is 0.321 e. The Morgan fingerprint density at radius 2 is 1.46 bits per heavy atom. The average Bonchev–Trinajstić information content (AvgIpc) is 2.57. The van der Waals surface area contributed by atoms with E-state index in [0.717, 1.165) is 11.4 Å². The Hall–Kier alpha value is -1.62. The van der Waals surface area contributed by atoms with Gasteiger partial charge in [-0.1, -0.05) is 40.9 Å². The number of nitrogens with zero attached hydrogens (tertiary/aromatic N) is 2. The van der Waals surface area contributed by atoms with Crippen LogP contribution in [0.5, 0.6) is 0 Å². The van der Waals surface area contributed by atoms with Gasteiger partial charge in [0.1, 0.15) is 0 Å². The molecule has 24 heavy (non-hydrogen) atoms. The molecule has 3 rings (SSSR count). The molecule has 7 heteroatoms. The summed E-state index contributed by atoms with van der Waals surface area (Å²) >= 11 is 18.4. The van der Waals surface area contributed by atoms with Crippen LogP contribution < -0.4 is 10.2 Å². The molecule has 2 amide bonds. The summed E-state index contributed by atoms with van der Waals surface area (Å²) in [5.74, 6) is 0. The third-order valence-electron chi connectivity index (χ3n) is 3.92. The molecule has 1 saturated heterocycles. The van der Waals surface area contributed by atoms with Gasteiger partial charge in [0, 0.05) is 36.9 Å². The Kier molecular flexibility index (Phi) is 5.39. The lowest BCUT2D eigenvalue weighted by Gasteiger charge is -2.36. The Morgan fingerprint density at radius 1 is 0.875 bits per heavy atom. The van der Waals surface area contributed by atoms with Crippen LogP contribution in [0.15, 0.2) is 42.5 Å². The number of rotatable bonds is 2. The SMILES string of the molecule is O=C(Nc1ccc(Cl)cc1)N1CCN(c2c(Cl)cccc2Cl)CC1. The van der Waals surface area contributed by atoms with Gasteiger partial charge in [-0.15, -0.1) is 0 Å². The van der Waals surface area contributed by atoms with Crippen molar-refractivity contribution >= 4 is 52.2 Å². The third-order valence-corrected chi connectivity index (χ3v) is 4.78. The summed E-state index contributed by atoms with van der Waals surface area (Å²) in [6, 6.07) is 12.4. The maximum atomic E-state index is 12.3. The summed E-state index contributed by atoms with van der Waals surface area (Å²) in [6.07, 6.45) is 0. The third kappa shape index (κ3) is 3.89. The van der Waals surface area contributed by atoms with Crippen LogP contribution in [-0.4, -0.2) is 37.1 Å². The largest absolute Gasteiger partial charge is 0.366 e. The highest BCUT2D eigenvalue weighted by Crippen LogP contribution is 2.34. The normalized spacial score (nSPS) is 14.6. The van der Waals surface area contributed by atoms with Crippen LogP contribution >= 0.6 is 34.8 Å². The van der Waals surface area contributed by atoms with Crippen molar-refractivity contribution in [2.75, 3.05) is 36.4 Å². The molecule has 1 aliphatic rings. The maximum absolute atomic E-state index is 12.3. The number of hydrogen-bond donors (Lipinski definition) is 1. The Morgan fingerprint density at radius 3 is 2.04 bits per heavy atom. The minimum atomic E-state index is -0.123. The molecule has 0 bridgehead atoms. The first-order chi connectivity index (χ1) is 11.5. The van der Waals surface area contributed by atoms with Crippen molar-refractivity contribution in [1.29, 1.82) is 0 Å². The number of urea groups is 1. The van der Waals surface area contributed by atoms with Gasteiger partial charge in [-0.05, 0) is 36.4 Å². The minimum absolute atomic E-state index is 0.123. The standard InChI is InChI=1S/C17H16Cl3N3O/c18-12-4-6-13(7-5-12)21-17(24)23-10-8-22(9-11-23)16-14(19)2-1-3-15(16)20/h1-7H,8-11H2,(H,21,24). The van der Waals surface area contributed by atoms with Gasteiger partial charge >= 0.3 is 6.03 Å². The highest BCUT2D eigenvalue weighted by molar-refractivity contribution is 6.39. The van der Waals surface area contributed by atoms with Gasteiger partial charge in [0.05, 0.1) is 15.7 Å². The van der Waals surface area contributed by atoms with Crippen LogP contribution in [0, 0.1) is 0 Å². The van der Waals surface area contributed by atoms with E-state index < -0.39 is 0 Å². The summed E-state index contributed by atoms with van der Waals surface area (Å²) in [4.78, 5) is 16.2. The number of nitrogens with one attached hydrogen (secondary N) is 1. The summed E-state index contributed by atoms with van der Waals surface area (Å²) in [7, 11) is 0. The second-order valence-corrected chi connectivity index (χ2v) is 6.73. The van der Waals surface area contributed by atoms with E-state index in [1.165, 1.54) is 0 Å². The topological polar surface area (TPSA) is 35.6 Å². The van der Waals surface area contributed by atoms with Crippen LogP contribution in [0.25, 0.3) is 0 Å². The molecule has 0 radical (unpaired) electrons. The quantitative estimate of drug-likeness (QED) is 0.791. The Labute approximate surface area is 155 Å². The first kappa shape index (κ1) is 17.2.